The first-order valence-electron chi connectivity index (χ1n) is 4.75. The molecule has 2 N–H and O–H groups in total. The Bertz CT molecular complexity index is 552. The van der Waals surface area contributed by atoms with Crippen molar-refractivity contribution >= 4 is 5.97 Å². The molecular formula is C11H8F2N2O2. The number of carbonyl (C=O) groups is 1. The van der Waals surface area contributed by atoms with Crippen molar-refractivity contribution in [2.75, 3.05) is 0 Å². The van der Waals surface area contributed by atoms with Crippen LogP contribution in [0.1, 0.15) is 22.5 Å². The van der Waals surface area contributed by atoms with Crippen molar-refractivity contribution in [2.45, 2.75) is 6.43 Å². The molecule has 0 fully saturated rings. The number of alkyl halides is 2. The van der Waals surface area contributed by atoms with Crippen LogP contribution in [0.15, 0.2) is 30.3 Å². The lowest BCUT2D eigenvalue weighted by atomic mass is 10.1. The second-order valence-electron chi connectivity index (χ2n) is 3.40. The summed E-state index contributed by atoms with van der Waals surface area (Å²) >= 11 is 0. The summed E-state index contributed by atoms with van der Waals surface area (Å²) < 4.78 is 24.9. The van der Waals surface area contributed by atoms with Gasteiger partial charge in [-0.2, -0.15) is 5.10 Å². The Hall–Kier alpha value is -2.24. The highest BCUT2D eigenvalue weighted by Crippen LogP contribution is 2.24. The quantitative estimate of drug-likeness (QED) is 0.863. The van der Waals surface area contributed by atoms with Crippen LogP contribution in [0.4, 0.5) is 8.78 Å². The van der Waals surface area contributed by atoms with Gasteiger partial charge in [0.15, 0.2) is 0 Å². The first-order valence-corrected chi connectivity index (χ1v) is 4.75. The number of halogens is 2. The Kier molecular flexibility index (Phi) is 2.86. The average Bonchev–Trinajstić information content (AvgIpc) is 2.78. The molecule has 6 heteroatoms. The molecule has 2 aromatic rings. The Balaban J connectivity index is 2.38. The number of nitrogens with one attached hydrogen (secondary N) is 1. The molecule has 88 valence electrons. The maximum Gasteiger partial charge on any atom is 0.353 e. The molecule has 0 aliphatic carbocycles. The van der Waals surface area contributed by atoms with Crippen molar-refractivity contribution in [1.29, 1.82) is 0 Å². The van der Waals surface area contributed by atoms with E-state index < -0.39 is 12.4 Å². The van der Waals surface area contributed by atoms with Crippen molar-refractivity contribution in [3.05, 3.63) is 41.6 Å². The Labute approximate surface area is 94.9 Å². The van der Waals surface area contributed by atoms with Crippen LogP contribution in [0.3, 0.4) is 0 Å². The molecule has 2 rings (SSSR count). The third-order valence-corrected chi connectivity index (χ3v) is 2.24. The van der Waals surface area contributed by atoms with Crippen LogP contribution < -0.4 is 0 Å². The zero-order valence-corrected chi connectivity index (χ0v) is 8.52. The van der Waals surface area contributed by atoms with Crippen LogP contribution in [0.25, 0.3) is 11.3 Å². The van der Waals surface area contributed by atoms with Crippen LogP contribution in [-0.2, 0) is 0 Å². The number of hydrogen-bond acceptors (Lipinski definition) is 2. The number of rotatable bonds is 3. The maximum atomic E-state index is 12.5. The molecule has 1 heterocycles. The summed E-state index contributed by atoms with van der Waals surface area (Å²) in [5.74, 6) is -1.14. The predicted molar refractivity (Wildman–Crippen MR) is 55.9 cm³/mol. The smallest absolute Gasteiger partial charge is 0.353 e. The van der Waals surface area contributed by atoms with Crippen LogP contribution in [-0.4, -0.2) is 21.3 Å². The van der Waals surface area contributed by atoms with Crippen molar-refractivity contribution in [3.8, 4) is 11.3 Å². The molecule has 0 unspecified atom stereocenters. The molecule has 1 aromatic heterocycles. The highest BCUT2D eigenvalue weighted by atomic mass is 19.3. The number of aromatic nitrogens is 2. The summed E-state index contributed by atoms with van der Waals surface area (Å²) in [6.45, 7) is 0. The lowest BCUT2D eigenvalue weighted by Crippen LogP contribution is -1.95. The van der Waals surface area contributed by atoms with E-state index in [2.05, 4.69) is 10.2 Å². The Morgan fingerprint density at radius 1 is 1.35 bits per heavy atom. The van der Waals surface area contributed by atoms with Crippen LogP contribution in [0, 0.1) is 0 Å². The van der Waals surface area contributed by atoms with Crippen LogP contribution in [0.2, 0.25) is 0 Å². The first-order chi connectivity index (χ1) is 8.08. The first kappa shape index (κ1) is 11.3. The number of carboxylic acids is 1. The van der Waals surface area contributed by atoms with Gasteiger partial charge in [0.25, 0.3) is 6.43 Å². The average molecular weight is 238 g/mol. The Morgan fingerprint density at radius 2 is 2.12 bits per heavy atom. The highest BCUT2D eigenvalue weighted by Gasteiger charge is 2.12. The zero-order chi connectivity index (χ0) is 12.4. The van der Waals surface area contributed by atoms with Gasteiger partial charge in [-0.1, -0.05) is 18.2 Å². The minimum atomic E-state index is -2.56. The second kappa shape index (κ2) is 4.32. The number of hydrogen-bond donors (Lipinski definition) is 2. The van der Waals surface area contributed by atoms with Gasteiger partial charge in [0, 0.05) is 11.1 Å². The van der Waals surface area contributed by atoms with Crippen molar-refractivity contribution in [1.82, 2.24) is 10.2 Å². The van der Waals surface area contributed by atoms with E-state index in [0.29, 0.717) is 11.3 Å². The predicted octanol–water partition coefficient (Wildman–Crippen LogP) is 2.71. The van der Waals surface area contributed by atoms with E-state index in [1.165, 1.54) is 24.3 Å². The van der Waals surface area contributed by atoms with E-state index in [1.807, 2.05) is 0 Å². The summed E-state index contributed by atoms with van der Waals surface area (Å²) in [7, 11) is 0. The third kappa shape index (κ3) is 2.30. The molecule has 1 aromatic carbocycles. The molecule has 0 radical (unpaired) electrons. The molecule has 4 nitrogen and oxygen atoms in total. The van der Waals surface area contributed by atoms with Gasteiger partial charge in [-0.05, 0) is 12.1 Å². The van der Waals surface area contributed by atoms with Gasteiger partial charge < -0.3 is 5.11 Å². The van der Waals surface area contributed by atoms with Gasteiger partial charge in [-0.15, -0.1) is 0 Å². The highest BCUT2D eigenvalue weighted by molar-refractivity contribution is 5.86. The van der Waals surface area contributed by atoms with E-state index in [-0.39, 0.29) is 11.3 Å². The fourth-order valence-electron chi connectivity index (χ4n) is 1.41. The molecule has 17 heavy (non-hydrogen) atoms. The van der Waals surface area contributed by atoms with E-state index in [0.717, 1.165) is 0 Å². The second-order valence-corrected chi connectivity index (χ2v) is 3.40. The number of nitrogens with zero attached hydrogens (tertiary/aromatic N) is 1. The van der Waals surface area contributed by atoms with E-state index in [1.54, 1.807) is 6.07 Å². The van der Waals surface area contributed by atoms with Crippen LogP contribution in [0.5, 0.6) is 0 Å². The number of aromatic amines is 1. The number of carboxylic acid groups (broad SMARTS) is 1. The molecule has 0 amide bonds. The lowest BCUT2D eigenvalue weighted by Gasteiger charge is -2.01. The summed E-state index contributed by atoms with van der Waals surface area (Å²) in [6.07, 6.45) is -2.56. The SMILES string of the molecule is O=C(O)c1cc(-c2cccc(C(F)F)c2)n[nH]1. The monoisotopic (exact) mass is 238 g/mol. The molecule has 0 saturated carbocycles. The zero-order valence-electron chi connectivity index (χ0n) is 8.52. The summed E-state index contributed by atoms with van der Waals surface area (Å²) in [4.78, 5) is 10.6. The maximum absolute atomic E-state index is 12.5. The van der Waals surface area contributed by atoms with Crippen LogP contribution >= 0.6 is 0 Å². The van der Waals surface area contributed by atoms with Crippen molar-refractivity contribution in [2.24, 2.45) is 0 Å². The molecule has 0 bridgehead atoms. The molecule has 0 aliphatic heterocycles. The van der Waals surface area contributed by atoms with Gasteiger partial charge in [0.2, 0.25) is 0 Å². The summed E-state index contributed by atoms with van der Waals surface area (Å²) in [5.41, 5.74) is 0.571. The fourth-order valence-corrected chi connectivity index (χ4v) is 1.41. The van der Waals surface area contributed by atoms with Crippen molar-refractivity contribution < 1.29 is 18.7 Å². The standard InChI is InChI=1S/C11H8F2N2O2/c12-10(13)7-3-1-2-6(4-7)8-5-9(11(16)17)15-14-8/h1-5,10H,(H,14,15)(H,16,17). The largest absolute Gasteiger partial charge is 0.477 e. The van der Waals surface area contributed by atoms with Crippen molar-refractivity contribution in [3.63, 3.8) is 0 Å². The lowest BCUT2D eigenvalue weighted by molar-refractivity contribution is 0.0690. The van der Waals surface area contributed by atoms with Gasteiger partial charge in [0.05, 0.1) is 5.69 Å². The van der Waals surface area contributed by atoms with E-state index in [9.17, 15) is 13.6 Å². The molecule has 0 atom stereocenters. The van der Waals surface area contributed by atoms with Gasteiger partial charge in [-0.25, -0.2) is 13.6 Å². The summed E-state index contributed by atoms with van der Waals surface area (Å²) in [6, 6.07) is 6.96. The third-order valence-electron chi connectivity index (χ3n) is 2.24. The van der Waals surface area contributed by atoms with Gasteiger partial charge in [-0.3, -0.25) is 5.10 Å². The normalized spacial score (nSPS) is 10.8. The van der Waals surface area contributed by atoms with Gasteiger partial charge >= 0.3 is 5.97 Å². The number of benzene rings is 1. The minimum Gasteiger partial charge on any atom is -0.477 e. The number of aromatic carboxylic acids is 1. The minimum absolute atomic E-state index is 0.0811. The van der Waals surface area contributed by atoms with Gasteiger partial charge in [0.1, 0.15) is 5.69 Å². The topological polar surface area (TPSA) is 66.0 Å². The summed E-state index contributed by atoms with van der Waals surface area (Å²) in [5, 5.41) is 14.8. The Morgan fingerprint density at radius 3 is 2.71 bits per heavy atom. The fraction of sp³-hybridized carbons (Fsp3) is 0.0909. The molecule has 0 aliphatic rings. The molecule has 0 spiro atoms. The molecule has 0 saturated heterocycles. The van der Waals surface area contributed by atoms with E-state index in [4.69, 9.17) is 5.11 Å². The number of H-pyrrole nitrogens is 1. The molecular weight excluding hydrogens is 230 g/mol. The van der Waals surface area contributed by atoms with E-state index >= 15 is 0 Å².